The molecule has 0 aliphatic carbocycles. The molecule has 0 aliphatic heterocycles. The van der Waals surface area contributed by atoms with Crippen molar-refractivity contribution >= 4 is 51.1 Å². The highest BCUT2D eigenvalue weighted by molar-refractivity contribution is 7.10. The van der Waals surface area contributed by atoms with Gasteiger partial charge in [0.1, 0.15) is 10.8 Å². The van der Waals surface area contributed by atoms with E-state index in [0.717, 1.165) is 11.0 Å². The second-order valence-electron chi connectivity index (χ2n) is 7.11. The molecule has 0 fully saturated rings. The molecule has 0 saturated heterocycles. The number of ether oxygens (including phenoxy) is 1. The average Bonchev–Trinajstić information content (AvgIpc) is 3.19. The number of hydrogen-bond acceptors (Lipinski definition) is 9. The number of para-hydroxylation sites is 2. The second-order valence-corrected chi connectivity index (χ2v) is 7.89. The van der Waals surface area contributed by atoms with Crippen molar-refractivity contribution in [2.75, 3.05) is 23.8 Å². The van der Waals surface area contributed by atoms with Gasteiger partial charge in [0.2, 0.25) is 5.88 Å². The van der Waals surface area contributed by atoms with Gasteiger partial charge < -0.3 is 25.8 Å². The fourth-order valence-electron chi connectivity index (χ4n) is 3.03. The minimum absolute atomic E-state index is 0.290. The maximum Gasteiger partial charge on any atom is 0.404 e. The van der Waals surface area contributed by atoms with E-state index in [1.165, 1.54) is 17.7 Å². The smallest absolute Gasteiger partial charge is 0.404 e. The lowest BCUT2D eigenvalue weighted by Crippen LogP contribution is -2.23. The van der Waals surface area contributed by atoms with Gasteiger partial charge >= 0.3 is 6.09 Å². The van der Waals surface area contributed by atoms with Crippen LogP contribution < -0.4 is 20.7 Å². The van der Waals surface area contributed by atoms with E-state index in [2.05, 4.69) is 35.3 Å². The van der Waals surface area contributed by atoms with Crippen LogP contribution in [0.5, 0.6) is 5.88 Å². The van der Waals surface area contributed by atoms with Crippen LogP contribution in [0.3, 0.4) is 0 Å². The minimum atomic E-state index is -1.07. The Morgan fingerprint density at radius 2 is 1.91 bits per heavy atom. The van der Waals surface area contributed by atoms with Crippen LogP contribution in [0.15, 0.2) is 48.8 Å². The molecule has 1 aromatic carbocycles. The summed E-state index contributed by atoms with van der Waals surface area (Å²) in [4.78, 5) is 36.5. The third kappa shape index (κ3) is 5.72. The monoisotopic (exact) mass is 479 g/mol. The first kappa shape index (κ1) is 22.9. The molecule has 0 bridgehead atoms. The molecule has 0 spiro atoms. The molecule has 3 aromatic heterocycles. The molecule has 2 amide bonds. The molecule has 12 heteroatoms. The number of carbonyl (C=O) groups excluding carboxylic acids is 1. The van der Waals surface area contributed by atoms with Gasteiger partial charge in [0.25, 0.3) is 5.91 Å². The maximum atomic E-state index is 13.0. The van der Waals surface area contributed by atoms with Crippen LogP contribution in [-0.2, 0) is 0 Å². The summed E-state index contributed by atoms with van der Waals surface area (Å²) >= 11 is 1.17. The fraction of sp³-hybridized carbons (Fsp3) is 0.182. The van der Waals surface area contributed by atoms with Crippen molar-refractivity contribution < 1.29 is 19.4 Å². The largest absolute Gasteiger partial charge is 0.478 e. The summed E-state index contributed by atoms with van der Waals surface area (Å²) in [5.41, 5.74) is 3.01. The number of rotatable bonds is 9. The Hall–Kier alpha value is -4.32. The van der Waals surface area contributed by atoms with Gasteiger partial charge in [-0.3, -0.25) is 9.78 Å². The maximum absolute atomic E-state index is 13.0. The number of benzene rings is 1. The van der Waals surface area contributed by atoms with E-state index in [0.29, 0.717) is 53.2 Å². The molecule has 0 radical (unpaired) electrons. The van der Waals surface area contributed by atoms with Crippen molar-refractivity contribution in [3.8, 4) is 5.88 Å². The van der Waals surface area contributed by atoms with Gasteiger partial charge in [-0.25, -0.2) is 14.8 Å². The molecule has 0 unspecified atom stereocenters. The molecule has 0 aliphatic rings. The summed E-state index contributed by atoms with van der Waals surface area (Å²) in [6.07, 6.45) is 2.53. The van der Waals surface area contributed by atoms with Crippen molar-refractivity contribution in [2.45, 2.75) is 13.3 Å². The lowest BCUT2D eigenvalue weighted by Gasteiger charge is -2.09. The third-order valence-electron chi connectivity index (χ3n) is 4.62. The van der Waals surface area contributed by atoms with E-state index in [1.54, 1.807) is 25.3 Å². The summed E-state index contributed by atoms with van der Waals surface area (Å²) in [5.74, 6) is 0.551. The van der Waals surface area contributed by atoms with Crippen molar-refractivity contribution in [3.63, 3.8) is 0 Å². The van der Waals surface area contributed by atoms with Crippen LogP contribution in [-0.4, -0.2) is 49.6 Å². The van der Waals surface area contributed by atoms with Crippen LogP contribution in [0.1, 0.15) is 22.5 Å². The Labute approximate surface area is 198 Å². The van der Waals surface area contributed by atoms with Crippen LogP contribution >= 0.6 is 11.5 Å². The zero-order chi connectivity index (χ0) is 23.9. The van der Waals surface area contributed by atoms with E-state index < -0.39 is 6.09 Å². The molecular formula is C22H21N7O4S. The minimum Gasteiger partial charge on any atom is -0.478 e. The molecule has 4 rings (SSSR count). The summed E-state index contributed by atoms with van der Waals surface area (Å²) in [6, 6.07) is 10.8. The number of fused-ring (bicyclic) bond motifs is 1. The van der Waals surface area contributed by atoms with Crippen molar-refractivity contribution in [1.29, 1.82) is 0 Å². The predicted octanol–water partition coefficient (Wildman–Crippen LogP) is 3.82. The zero-order valence-electron chi connectivity index (χ0n) is 18.1. The molecule has 4 aromatic rings. The number of aromatic nitrogens is 4. The van der Waals surface area contributed by atoms with E-state index in [1.807, 2.05) is 24.3 Å². The summed E-state index contributed by atoms with van der Waals surface area (Å²) in [6.45, 7) is 2.36. The number of anilines is 3. The van der Waals surface area contributed by atoms with E-state index >= 15 is 0 Å². The quantitative estimate of drug-likeness (QED) is 0.263. The second kappa shape index (κ2) is 10.5. The molecule has 11 nitrogen and oxygen atoms in total. The van der Waals surface area contributed by atoms with Gasteiger partial charge in [0, 0.05) is 12.6 Å². The van der Waals surface area contributed by atoms with Crippen molar-refractivity contribution in [3.05, 3.63) is 60.0 Å². The number of hydrogen-bond donors (Lipinski definition) is 4. The van der Waals surface area contributed by atoms with Gasteiger partial charge in [0.15, 0.2) is 0 Å². The Bertz CT molecular complexity index is 1310. The third-order valence-corrected chi connectivity index (χ3v) is 5.48. The summed E-state index contributed by atoms with van der Waals surface area (Å²) < 4.78 is 9.77. The highest BCUT2D eigenvalue weighted by Gasteiger charge is 2.19. The van der Waals surface area contributed by atoms with Crippen LogP contribution in [0.4, 0.5) is 21.3 Å². The summed E-state index contributed by atoms with van der Waals surface area (Å²) in [5, 5.41) is 17.3. The average molecular weight is 480 g/mol. The van der Waals surface area contributed by atoms with Gasteiger partial charge in [0.05, 0.1) is 47.0 Å². The summed E-state index contributed by atoms with van der Waals surface area (Å²) in [7, 11) is 0. The number of pyridine rings is 1. The number of amides is 2. The Balaban J connectivity index is 1.38. The highest BCUT2D eigenvalue weighted by atomic mass is 32.1. The lowest BCUT2D eigenvalue weighted by molar-refractivity contribution is 0.102. The van der Waals surface area contributed by atoms with Crippen LogP contribution in [0.2, 0.25) is 0 Å². The van der Waals surface area contributed by atoms with Crippen molar-refractivity contribution in [2.24, 2.45) is 0 Å². The SMILES string of the molecule is Cc1nsc(Nc2cnc3ccccc3n2)c1C(=O)Nc1ccc(OCCCNC(=O)O)nc1. The molecular weight excluding hydrogens is 458 g/mol. The fourth-order valence-corrected chi connectivity index (χ4v) is 3.84. The molecule has 4 N–H and O–H groups in total. The Kier molecular flexibility index (Phi) is 7.08. The van der Waals surface area contributed by atoms with E-state index in [4.69, 9.17) is 9.84 Å². The van der Waals surface area contributed by atoms with Gasteiger partial charge in [-0.15, -0.1) is 0 Å². The standard InChI is InChI=1S/C22H21N7O4S/c1-13-19(21(34-29-13)28-17-12-24-15-5-2-3-6-16(15)27-17)20(30)26-14-7-8-18(25-11-14)33-10-4-9-23-22(31)32/h2-3,5-8,11-12,23H,4,9-10H2,1H3,(H,26,30)(H,27,28)(H,31,32). The number of nitrogens with one attached hydrogen (secondary N) is 3. The predicted molar refractivity (Wildman–Crippen MR) is 128 cm³/mol. The Morgan fingerprint density at radius 1 is 1.09 bits per heavy atom. The normalized spacial score (nSPS) is 10.6. The zero-order valence-corrected chi connectivity index (χ0v) is 18.9. The number of carboxylic acid groups (broad SMARTS) is 1. The van der Waals surface area contributed by atoms with Gasteiger partial charge in [-0.2, -0.15) is 4.37 Å². The number of carbonyl (C=O) groups is 2. The first-order valence-corrected chi connectivity index (χ1v) is 11.1. The van der Waals surface area contributed by atoms with Crippen molar-refractivity contribution in [1.82, 2.24) is 24.6 Å². The van der Waals surface area contributed by atoms with Crippen LogP contribution in [0.25, 0.3) is 11.0 Å². The molecule has 3 heterocycles. The highest BCUT2D eigenvalue weighted by Crippen LogP contribution is 2.28. The molecule has 0 saturated carbocycles. The van der Waals surface area contributed by atoms with Gasteiger partial charge in [-0.05, 0) is 43.1 Å². The van der Waals surface area contributed by atoms with Gasteiger partial charge in [-0.1, -0.05) is 12.1 Å². The topological polar surface area (TPSA) is 151 Å². The van der Waals surface area contributed by atoms with E-state index in [9.17, 15) is 9.59 Å². The number of nitrogens with zero attached hydrogens (tertiary/aromatic N) is 4. The van der Waals surface area contributed by atoms with E-state index in [-0.39, 0.29) is 5.91 Å². The first-order chi connectivity index (χ1) is 16.5. The molecule has 174 valence electrons. The Morgan fingerprint density at radius 3 is 2.68 bits per heavy atom. The number of aryl methyl sites for hydroxylation is 1. The molecule has 0 atom stereocenters. The first-order valence-electron chi connectivity index (χ1n) is 10.3. The van der Waals surface area contributed by atoms with Crippen LogP contribution in [0, 0.1) is 6.92 Å². The molecule has 34 heavy (non-hydrogen) atoms. The lowest BCUT2D eigenvalue weighted by atomic mass is 10.2.